The van der Waals surface area contributed by atoms with Crippen LogP contribution < -0.4 is 14.4 Å². The summed E-state index contributed by atoms with van der Waals surface area (Å²) in [5.74, 6) is -0.858. The molecule has 3 heterocycles. The molecule has 1 amide bonds. The number of ether oxygens (including phenoxy) is 2. The lowest BCUT2D eigenvalue weighted by Gasteiger charge is -2.23. The number of fused-ring (bicyclic) bond motifs is 2. The number of hydrogen-bond acceptors (Lipinski definition) is 7. The fourth-order valence-electron chi connectivity index (χ4n) is 4.33. The maximum atomic E-state index is 13.4. The van der Waals surface area contributed by atoms with Crippen LogP contribution in [0.4, 0.5) is 5.13 Å². The van der Waals surface area contributed by atoms with Gasteiger partial charge in [0.1, 0.15) is 19.0 Å². The van der Waals surface area contributed by atoms with Gasteiger partial charge in [-0.2, -0.15) is 0 Å². The average molecular weight is 584 g/mol. The Labute approximate surface area is 222 Å². The first-order valence-electron chi connectivity index (χ1n) is 10.9. The van der Waals surface area contributed by atoms with Gasteiger partial charge in [-0.15, -0.1) is 0 Å². The third kappa shape index (κ3) is 3.84. The Morgan fingerprint density at radius 3 is 2.56 bits per heavy atom. The topological polar surface area (TPSA) is 89.0 Å². The molecule has 0 spiro atoms. The Morgan fingerprint density at radius 1 is 1.03 bits per heavy atom. The van der Waals surface area contributed by atoms with E-state index in [1.807, 2.05) is 12.1 Å². The zero-order valence-electron chi connectivity index (χ0n) is 18.4. The third-order valence-electron chi connectivity index (χ3n) is 5.99. The summed E-state index contributed by atoms with van der Waals surface area (Å²) < 4.78 is 12.8. The number of carbonyl (C=O) groups is 2. The van der Waals surface area contributed by atoms with Gasteiger partial charge in [0.25, 0.3) is 5.78 Å². The second-order valence-corrected chi connectivity index (χ2v) is 10.5. The van der Waals surface area contributed by atoms with Gasteiger partial charge in [-0.05, 0) is 54.1 Å². The van der Waals surface area contributed by atoms with Crippen LogP contribution >= 0.6 is 38.9 Å². The Kier molecular flexibility index (Phi) is 5.70. The summed E-state index contributed by atoms with van der Waals surface area (Å²) in [6, 6.07) is 16.5. The molecule has 1 saturated heterocycles. The quantitative estimate of drug-likeness (QED) is 0.178. The molecule has 4 aromatic rings. The minimum Gasteiger partial charge on any atom is -0.507 e. The van der Waals surface area contributed by atoms with E-state index in [4.69, 9.17) is 21.1 Å². The Bertz CT molecular complexity index is 1580. The lowest BCUT2D eigenvalue weighted by molar-refractivity contribution is -0.132. The molecule has 0 radical (unpaired) electrons. The predicted molar refractivity (Wildman–Crippen MR) is 141 cm³/mol. The molecule has 0 saturated carbocycles. The van der Waals surface area contributed by atoms with Crippen LogP contribution in [0, 0.1) is 0 Å². The van der Waals surface area contributed by atoms with Gasteiger partial charge < -0.3 is 14.6 Å². The van der Waals surface area contributed by atoms with E-state index in [1.54, 1.807) is 48.5 Å². The van der Waals surface area contributed by atoms with Crippen LogP contribution in [-0.4, -0.2) is 35.0 Å². The molecule has 2 aliphatic rings. The molecule has 1 atom stereocenters. The maximum Gasteiger partial charge on any atom is 0.301 e. The number of amides is 1. The van der Waals surface area contributed by atoms with Crippen molar-refractivity contribution in [2.24, 2.45) is 0 Å². The first kappa shape index (κ1) is 23.0. The number of hydrogen-bond donors (Lipinski definition) is 1. The van der Waals surface area contributed by atoms with Crippen molar-refractivity contribution in [2.75, 3.05) is 18.1 Å². The van der Waals surface area contributed by atoms with Gasteiger partial charge in [0, 0.05) is 15.1 Å². The summed E-state index contributed by atoms with van der Waals surface area (Å²) in [6.45, 7) is 0.808. The molecule has 1 aromatic heterocycles. The molecule has 2 aliphatic heterocycles. The first-order valence-corrected chi connectivity index (χ1v) is 12.9. The predicted octanol–water partition coefficient (Wildman–Crippen LogP) is 6.11. The zero-order chi connectivity index (χ0) is 25.0. The van der Waals surface area contributed by atoms with Crippen molar-refractivity contribution >= 4 is 71.7 Å². The van der Waals surface area contributed by atoms with Gasteiger partial charge in [0.05, 0.1) is 21.8 Å². The Hall–Kier alpha value is -3.40. The van der Waals surface area contributed by atoms with Crippen LogP contribution in [0.5, 0.6) is 11.5 Å². The number of aliphatic hydroxyl groups is 1. The highest BCUT2D eigenvalue weighted by molar-refractivity contribution is 9.10. The summed E-state index contributed by atoms with van der Waals surface area (Å²) in [4.78, 5) is 32.7. The number of Topliss-reactive ketones (excluding diaryl/α,β-unsaturated/α-hetero) is 1. The van der Waals surface area contributed by atoms with Gasteiger partial charge in [0.2, 0.25) is 0 Å². The summed E-state index contributed by atoms with van der Waals surface area (Å²) in [7, 11) is 0. The van der Waals surface area contributed by atoms with E-state index in [1.165, 1.54) is 16.2 Å². The van der Waals surface area contributed by atoms with Gasteiger partial charge >= 0.3 is 5.91 Å². The van der Waals surface area contributed by atoms with Crippen molar-refractivity contribution < 1.29 is 24.2 Å². The van der Waals surface area contributed by atoms with E-state index in [2.05, 4.69) is 20.9 Å². The molecule has 1 fully saturated rings. The summed E-state index contributed by atoms with van der Waals surface area (Å²) in [5.41, 5.74) is 1.61. The summed E-state index contributed by atoms with van der Waals surface area (Å²) in [5, 5.41) is 12.3. The van der Waals surface area contributed by atoms with Crippen LogP contribution in [0.3, 0.4) is 0 Å². The standard InChI is InChI=1S/C26H16BrClN2O5S/c27-15-4-1-13(2-5-15)22-21(23(31)14-3-8-18-19(11-14)35-10-9-34-18)24(32)25(33)30(22)26-29-17-7-6-16(28)12-20(17)36-26/h1-8,11-12,22,31H,9-10H2/b23-21+. The number of aromatic nitrogens is 1. The normalized spacial score (nSPS) is 18.7. The van der Waals surface area contributed by atoms with E-state index >= 15 is 0 Å². The molecule has 1 unspecified atom stereocenters. The van der Waals surface area contributed by atoms with Crippen molar-refractivity contribution in [3.05, 3.63) is 86.9 Å². The van der Waals surface area contributed by atoms with Gasteiger partial charge in [0.15, 0.2) is 16.6 Å². The van der Waals surface area contributed by atoms with Gasteiger partial charge in [-0.3, -0.25) is 14.5 Å². The van der Waals surface area contributed by atoms with Crippen LogP contribution in [0.1, 0.15) is 17.2 Å². The molecule has 36 heavy (non-hydrogen) atoms. The molecule has 7 nitrogen and oxygen atoms in total. The van der Waals surface area contributed by atoms with E-state index in [0.29, 0.717) is 51.5 Å². The van der Waals surface area contributed by atoms with E-state index in [-0.39, 0.29) is 11.3 Å². The molecule has 10 heteroatoms. The number of nitrogens with zero attached hydrogens (tertiary/aromatic N) is 2. The lowest BCUT2D eigenvalue weighted by Crippen LogP contribution is -2.29. The number of ketones is 1. The zero-order valence-corrected chi connectivity index (χ0v) is 21.6. The smallest absolute Gasteiger partial charge is 0.301 e. The summed E-state index contributed by atoms with van der Waals surface area (Å²) in [6.07, 6.45) is 0. The fourth-order valence-corrected chi connectivity index (χ4v) is 5.86. The molecule has 0 bridgehead atoms. The molecular weight excluding hydrogens is 568 g/mol. The van der Waals surface area contributed by atoms with Crippen LogP contribution in [0.2, 0.25) is 5.02 Å². The van der Waals surface area contributed by atoms with Crippen molar-refractivity contribution in [2.45, 2.75) is 6.04 Å². The number of rotatable bonds is 3. The van der Waals surface area contributed by atoms with Gasteiger partial charge in [-0.1, -0.05) is 51.0 Å². The molecule has 180 valence electrons. The molecule has 0 aliphatic carbocycles. The van der Waals surface area contributed by atoms with Crippen LogP contribution in [0.15, 0.2) is 70.7 Å². The Balaban J connectivity index is 1.54. The van der Waals surface area contributed by atoms with E-state index in [9.17, 15) is 14.7 Å². The number of anilines is 1. The van der Waals surface area contributed by atoms with Crippen molar-refractivity contribution in [3.63, 3.8) is 0 Å². The fraction of sp³-hybridized carbons (Fsp3) is 0.115. The second-order valence-electron chi connectivity index (χ2n) is 8.19. The van der Waals surface area contributed by atoms with Crippen LogP contribution in [0.25, 0.3) is 16.0 Å². The molecule has 6 rings (SSSR count). The number of thiazole rings is 1. The Morgan fingerprint density at radius 2 is 1.78 bits per heavy atom. The third-order valence-corrected chi connectivity index (χ3v) is 7.77. The molecular formula is C26H16BrClN2O5S. The largest absolute Gasteiger partial charge is 0.507 e. The van der Waals surface area contributed by atoms with E-state index < -0.39 is 17.7 Å². The minimum atomic E-state index is -0.887. The second kappa shape index (κ2) is 8.92. The number of benzene rings is 3. The minimum absolute atomic E-state index is 0.0312. The number of carbonyl (C=O) groups excluding carboxylic acids is 2. The average Bonchev–Trinajstić information content (AvgIpc) is 3.41. The first-order chi connectivity index (χ1) is 17.4. The van der Waals surface area contributed by atoms with E-state index in [0.717, 1.165) is 9.17 Å². The molecule has 3 aromatic carbocycles. The SMILES string of the molecule is O=C1C(=O)N(c2nc3ccc(Cl)cc3s2)C(c2ccc(Br)cc2)/C1=C(\O)c1ccc2c(c1)OCCO2. The summed E-state index contributed by atoms with van der Waals surface area (Å²) >= 11 is 10.8. The lowest BCUT2D eigenvalue weighted by atomic mass is 9.95. The van der Waals surface area contributed by atoms with Crippen molar-refractivity contribution in [3.8, 4) is 11.5 Å². The number of halogens is 2. The number of aliphatic hydroxyl groups excluding tert-OH is 1. The maximum absolute atomic E-state index is 13.4. The van der Waals surface area contributed by atoms with Crippen LogP contribution in [-0.2, 0) is 9.59 Å². The highest BCUT2D eigenvalue weighted by Gasteiger charge is 2.48. The highest BCUT2D eigenvalue weighted by Crippen LogP contribution is 2.45. The van der Waals surface area contributed by atoms with Crippen molar-refractivity contribution in [1.29, 1.82) is 0 Å². The highest BCUT2D eigenvalue weighted by atomic mass is 79.9. The van der Waals surface area contributed by atoms with Crippen molar-refractivity contribution in [1.82, 2.24) is 4.98 Å². The monoisotopic (exact) mass is 582 g/mol. The molecule has 1 N–H and O–H groups in total. The van der Waals surface area contributed by atoms with Gasteiger partial charge in [-0.25, -0.2) is 4.98 Å².